The number of aryl methyl sites for hydroxylation is 1. The fraction of sp³-hybridized carbons (Fsp3) is 0.667. The molecule has 0 aromatic carbocycles. The summed E-state index contributed by atoms with van der Waals surface area (Å²) in [6.45, 7) is 7.85. The zero-order chi connectivity index (χ0) is 12.4. The number of ether oxygens (including phenoxy) is 1. The molecular weight excluding hydrogens is 218 g/mol. The second-order valence-electron chi connectivity index (χ2n) is 4.30. The number of carbonyl (C=O) groups excluding carboxylic acids is 1. The zero-order valence-corrected chi connectivity index (χ0v) is 10.6. The van der Waals surface area contributed by atoms with Gasteiger partial charge in [-0.3, -0.25) is 4.68 Å². The van der Waals surface area contributed by atoms with Crippen molar-refractivity contribution in [3.8, 4) is 0 Å². The molecule has 5 nitrogen and oxygen atoms in total. The van der Waals surface area contributed by atoms with Crippen molar-refractivity contribution in [1.82, 2.24) is 15.1 Å². The molecule has 2 rings (SSSR count). The molecule has 0 aliphatic carbocycles. The van der Waals surface area contributed by atoms with Crippen LogP contribution < -0.4 is 5.32 Å². The molecule has 0 spiro atoms. The predicted octanol–water partition coefficient (Wildman–Crippen LogP) is 1.11. The van der Waals surface area contributed by atoms with E-state index >= 15 is 0 Å². The van der Waals surface area contributed by atoms with Crippen LogP contribution in [0.15, 0.2) is 0 Å². The SMILES string of the molecule is CCOC(=O)c1nn(CC)c2c1CN[C@H](C)C2. The first kappa shape index (κ1) is 12.1. The average Bonchev–Trinajstić information content (AvgIpc) is 2.67. The van der Waals surface area contributed by atoms with Crippen LogP contribution in [0.4, 0.5) is 0 Å². The minimum Gasteiger partial charge on any atom is -0.461 e. The number of hydrogen-bond acceptors (Lipinski definition) is 4. The minimum atomic E-state index is -0.313. The Bertz CT molecular complexity index is 426. The molecule has 2 heterocycles. The Morgan fingerprint density at radius 1 is 1.59 bits per heavy atom. The fourth-order valence-corrected chi connectivity index (χ4v) is 2.21. The molecule has 5 heteroatoms. The van der Waals surface area contributed by atoms with Crippen molar-refractivity contribution >= 4 is 5.97 Å². The van der Waals surface area contributed by atoms with Crippen LogP contribution in [0.3, 0.4) is 0 Å². The Morgan fingerprint density at radius 2 is 2.35 bits per heavy atom. The van der Waals surface area contributed by atoms with Gasteiger partial charge < -0.3 is 10.1 Å². The predicted molar refractivity (Wildman–Crippen MR) is 63.9 cm³/mol. The van der Waals surface area contributed by atoms with Crippen LogP contribution in [0.2, 0.25) is 0 Å². The van der Waals surface area contributed by atoms with Crippen molar-refractivity contribution in [2.75, 3.05) is 6.61 Å². The Kier molecular flexibility index (Phi) is 3.47. The number of nitrogens with one attached hydrogen (secondary N) is 1. The molecule has 1 atom stereocenters. The molecule has 94 valence electrons. The largest absolute Gasteiger partial charge is 0.461 e. The number of nitrogens with zero attached hydrogens (tertiary/aromatic N) is 2. The van der Waals surface area contributed by atoms with E-state index < -0.39 is 0 Å². The van der Waals surface area contributed by atoms with Crippen LogP contribution in [0.25, 0.3) is 0 Å². The van der Waals surface area contributed by atoms with Crippen LogP contribution in [-0.2, 0) is 24.2 Å². The van der Waals surface area contributed by atoms with Gasteiger partial charge in [0.05, 0.1) is 6.61 Å². The molecule has 0 fully saturated rings. The molecule has 1 N–H and O–H groups in total. The van der Waals surface area contributed by atoms with E-state index in [1.54, 1.807) is 0 Å². The fourth-order valence-electron chi connectivity index (χ4n) is 2.21. The standard InChI is InChI=1S/C12H19N3O2/c1-4-15-10-6-8(3)13-7-9(10)11(14-15)12(16)17-5-2/h8,13H,4-7H2,1-3H3/t8-/m1/s1. The van der Waals surface area contributed by atoms with Crippen molar-refractivity contribution in [2.45, 2.75) is 46.3 Å². The molecule has 1 aromatic rings. The highest BCUT2D eigenvalue weighted by molar-refractivity contribution is 5.89. The molecule has 0 unspecified atom stereocenters. The molecule has 0 saturated carbocycles. The lowest BCUT2D eigenvalue weighted by molar-refractivity contribution is 0.0517. The van der Waals surface area contributed by atoms with Gasteiger partial charge >= 0.3 is 5.97 Å². The van der Waals surface area contributed by atoms with E-state index in [1.165, 1.54) is 5.69 Å². The summed E-state index contributed by atoms with van der Waals surface area (Å²) in [5.74, 6) is -0.313. The third-order valence-electron chi connectivity index (χ3n) is 3.06. The third kappa shape index (κ3) is 2.20. The minimum absolute atomic E-state index is 0.313. The van der Waals surface area contributed by atoms with E-state index in [0.29, 0.717) is 24.9 Å². The van der Waals surface area contributed by atoms with Crippen LogP contribution in [0.1, 0.15) is 42.5 Å². The van der Waals surface area contributed by atoms with Crippen LogP contribution in [-0.4, -0.2) is 28.4 Å². The summed E-state index contributed by atoms with van der Waals surface area (Å²) in [7, 11) is 0. The van der Waals surface area contributed by atoms with Crippen molar-refractivity contribution in [1.29, 1.82) is 0 Å². The molecule has 1 aliphatic heterocycles. The van der Waals surface area contributed by atoms with E-state index in [0.717, 1.165) is 18.5 Å². The van der Waals surface area contributed by atoms with Crippen molar-refractivity contribution in [2.24, 2.45) is 0 Å². The van der Waals surface area contributed by atoms with Gasteiger partial charge in [0, 0.05) is 36.8 Å². The number of rotatable bonds is 3. The Hall–Kier alpha value is -1.36. The number of fused-ring (bicyclic) bond motifs is 1. The zero-order valence-electron chi connectivity index (χ0n) is 10.6. The molecular formula is C12H19N3O2. The Morgan fingerprint density at radius 3 is 3.00 bits per heavy atom. The third-order valence-corrected chi connectivity index (χ3v) is 3.06. The topological polar surface area (TPSA) is 56.1 Å². The maximum Gasteiger partial charge on any atom is 0.359 e. The van der Waals surface area contributed by atoms with Gasteiger partial charge in [0.25, 0.3) is 0 Å². The molecule has 1 aromatic heterocycles. The first-order valence-electron chi connectivity index (χ1n) is 6.16. The van der Waals surface area contributed by atoms with Gasteiger partial charge in [-0.2, -0.15) is 5.10 Å². The summed E-state index contributed by atoms with van der Waals surface area (Å²) in [4.78, 5) is 11.8. The maximum atomic E-state index is 11.8. The summed E-state index contributed by atoms with van der Waals surface area (Å²) in [5, 5.41) is 7.72. The molecule has 1 aliphatic rings. The molecule has 0 bridgehead atoms. The van der Waals surface area contributed by atoms with Crippen LogP contribution in [0, 0.1) is 0 Å². The van der Waals surface area contributed by atoms with E-state index in [-0.39, 0.29) is 5.97 Å². The summed E-state index contributed by atoms with van der Waals surface area (Å²) in [6.07, 6.45) is 0.912. The van der Waals surface area contributed by atoms with E-state index in [4.69, 9.17) is 4.74 Å². The van der Waals surface area contributed by atoms with Crippen molar-refractivity contribution < 1.29 is 9.53 Å². The highest BCUT2D eigenvalue weighted by atomic mass is 16.5. The van der Waals surface area contributed by atoms with Gasteiger partial charge in [-0.1, -0.05) is 0 Å². The number of esters is 1. The smallest absolute Gasteiger partial charge is 0.359 e. The second-order valence-corrected chi connectivity index (χ2v) is 4.30. The van der Waals surface area contributed by atoms with Gasteiger partial charge in [-0.25, -0.2) is 4.79 Å². The van der Waals surface area contributed by atoms with Crippen LogP contribution in [0.5, 0.6) is 0 Å². The van der Waals surface area contributed by atoms with Gasteiger partial charge in [-0.05, 0) is 20.8 Å². The summed E-state index contributed by atoms with van der Waals surface area (Å²) < 4.78 is 6.95. The van der Waals surface area contributed by atoms with E-state index in [1.807, 2.05) is 18.5 Å². The van der Waals surface area contributed by atoms with Crippen molar-refractivity contribution in [3.63, 3.8) is 0 Å². The Balaban J connectivity index is 2.38. The summed E-state index contributed by atoms with van der Waals surface area (Å²) in [6, 6.07) is 0.430. The second kappa shape index (κ2) is 4.87. The lowest BCUT2D eigenvalue weighted by Crippen LogP contribution is -2.34. The van der Waals surface area contributed by atoms with Crippen molar-refractivity contribution in [3.05, 3.63) is 17.0 Å². The van der Waals surface area contributed by atoms with Gasteiger partial charge in [-0.15, -0.1) is 0 Å². The lowest BCUT2D eigenvalue weighted by Gasteiger charge is -2.21. The summed E-state index contributed by atoms with van der Waals surface area (Å²) in [5.41, 5.74) is 2.65. The molecule has 17 heavy (non-hydrogen) atoms. The van der Waals surface area contributed by atoms with E-state index in [9.17, 15) is 4.79 Å². The van der Waals surface area contributed by atoms with Gasteiger partial charge in [0.2, 0.25) is 0 Å². The first-order valence-corrected chi connectivity index (χ1v) is 6.16. The summed E-state index contributed by atoms with van der Waals surface area (Å²) >= 11 is 0. The molecule has 0 radical (unpaired) electrons. The highest BCUT2D eigenvalue weighted by Gasteiger charge is 2.27. The monoisotopic (exact) mass is 237 g/mol. The van der Waals surface area contributed by atoms with Gasteiger partial charge in [0.1, 0.15) is 0 Å². The Labute approximate surface area is 101 Å². The average molecular weight is 237 g/mol. The molecule has 0 amide bonds. The van der Waals surface area contributed by atoms with Crippen LogP contribution >= 0.6 is 0 Å². The number of hydrogen-bond donors (Lipinski definition) is 1. The lowest BCUT2D eigenvalue weighted by atomic mass is 10.0. The number of carbonyl (C=O) groups is 1. The highest BCUT2D eigenvalue weighted by Crippen LogP contribution is 2.21. The van der Waals surface area contributed by atoms with Gasteiger partial charge in [0.15, 0.2) is 5.69 Å². The first-order chi connectivity index (χ1) is 8.17. The number of aromatic nitrogens is 2. The molecule has 0 saturated heterocycles. The maximum absolute atomic E-state index is 11.8. The quantitative estimate of drug-likeness (QED) is 0.800. The van der Waals surface area contributed by atoms with E-state index in [2.05, 4.69) is 17.3 Å². The normalized spacial score (nSPS) is 18.9.